The predicted octanol–water partition coefficient (Wildman–Crippen LogP) is 4.19. The standard InChI is InChI=1S/C24H22FN7O/c1-15-21(29-16(2)33)4-3-5-22(15)30-23-27-14-28-24(31-23)32-10-8-18(9-11-32)19-7-6-17(13-26)12-20(19)25/h3-8,12,14H,9-11H2,1-2H3,(H,29,33)(H,27,28,30,31). The third-order valence-corrected chi connectivity index (χ3v) is 5.39. The van der Waals surface area contributed by atoms with Crippen LogP contribution in [0.4, 0.5) is 27.7 Å². The second kappa shape index (κ2) is 9.44. The van der Waals surface area contributed by atoms with Gasteiger partial charge in [-0.2, -0.15) is 10.2 Å². The number of aromatic nitrogens is 3. The summed E-state index contributed by atoms with van der Waals surface area (Å²) >= 11 is 0. The summed E-state index contributed by atoms with van der Waals surface area (Å²) in [6.45, 7) is 4.50. The molecule has 0 saturated heterocycles. The Balaban J connectivity index is 1.49. The normalized spacial score (nSPS) is 13.2. The van der Waals surface area contributed by atoms with E-state index in [-0.39, 0.29) is 5.91 Å². The van der Waals surface area contributed by atoms with Crippen LogP contribution < -0.4 is 15.5 Å². The molecule has 1 aliphatic heterocycles. The van der Waals surface area contributed by atoms with Crippen molar-refractivity contribution in [2.24, 2.45) is 0 Å². The Morgan fingerprint density at radius 1 is 1.21 bits per heavy atom. The number of hydrogen-bond acceptors (Lipinski definition) is 7. The third-order valence-electron chi connectivity index (χ3n) is 5.39. The Morgan fingerprint density at radius 2 is 2.03 bits per heavy atom. The Bertz CT molecular complexity index is 1280. The Morgan fingerprint density at radius 3 is 2.73 bits per heavy atom. The lowest BCUT2D eigenvalue weighted by atomic mass is 9.98. The van der Waals surface area contributed by atoms with Gasteiger partial charge in [0.15, 0.2) is 0 Å². The van der Waals surface area contributed by atoms with Crippen molar-refractivity contribution in [3.05, 3.63) is 71.3 Å². The molecule has 0 spiro atoms. The molecular formula is C24H22FN7O. The first kappa shape index (κ1) is 21.9. The van der Waals surface area contributed by atoms with E-state index >= 15 is 0 Å². The number of halogens is 1. The quantitative estimate of drug-likeness (QED) is 0.609. The summed E-state index contributed by atoms with van der Waals surface area (Å²) in [7, 11) is 0. The van der Waals surface area contributed by atoms with Gasteiger partial charge < -0.3 is 15.5 Å². The molecule has 2 N–H and O–H groups in total. The van der Waals surface area contributed by atoms with Crippen LogP contribution in [0.15, 0.2) is 48.8 Å². The van der Waals surface area contributed by atoms with Crippen LogP contribution in [0.1, 0.15) is 30.0 Å². The van der Waals surface area contributed by atoms with Gasteiger partial charge in [0.1, 0.15) is 12.1 Å². The highest BCUT2D eigenvalue weighted by Crippen LogP contribution is 2.28. The van der Waals surface area contributed by atoms with Crippen molar-refractivity contribution >= 4 is 34.8 Å². The van der Waals surface area contributed by atoms with E-state index in [1.807, 2.05) is 42.2 Å². The second-order valence-corrected chi connectivity index (χ2v) is 7.63. The number of benzene rings is 2. The van der Waals surface area contributed by atoms with Crippen molar-refractivity contribution in [2.45, 2.75) is 20.3 Å². The number of anilines is 4. The van der Waals surface area contributed by atoms with Crippen LogP contribution in [0.2, 0.25) is 0 Å². The summed E-state index contributed by atoms with van der Waals surface area (Å²) in [6, 6.07) is 12.0. The summed E-state index contributed by atoms with van der Waals surface area (Å²) in [4.78, 5) is 26.4. The van der Waals surface area contributed by atoms with Crippen molar-refractivity contribution in [2.75, 3.05) is 28.6 Å². The van der Waals surface area contributed by atoms with Gasteiger partial charge in [-0.3, -0.25) is 4.79 Å². The number of nitrogens with one attached hydrogen (secondary N) is 2. The molecule has 2 heterocycles. The molecule has 0 atom stereocenters. The van der Waals surface area contributed by atoms with Gasteiger partial charge in [-0.15, -0.1) is 0 Å². The molecule has 1 amide bonds. The van der Waals surface area contributed by atoms with Crippen molar-refractivity contribution in [1.29, 1.82) is 5.26 Å². The molecule has 33 heavy (non-hydrogen) atoms. The van der Waals surface area contributed by atoms with Gasteiger partial charge in [0, 0.05) is 37.0 Å². The molecule has 0 radical (unpaired) electrons. The van der Waals surface area contributed by atoms with E-state index < -0.39 is 5.82 Å². The molecule has 1 aliphatic rings. The van der Waals surface area contributed by atoms with Crippen molar-refractivity contribution in [3.8, 4) is 6.07 Å². The average Bonchev–Trinajstić information content (AvgIpc) is 2.81. The fourth-order valence-corrected chi connectivity index (χ4v) is 3.66. The highest BCUT2D eigenvalue weighted by Gasteiger charge is 2.18. The molecule has 0 aliphatic carbocycles. The predicted molar refractivity (Wildman–Crippen MR) is 125 cm³/mol. The fourth-order valence-electron chi connectivity index (χ4n) is 3.66. The highest BCUT2D eigenvalue weighted by molar-refractivity contribution is 5.90. The number of nitrogens with zero attached hydrogens (tertiary/aromatic N) is 5. The molecule has 0 bridgehead atoms. The number of carbonyl (C=O) groups is 1. The first-order chi connectivity index (χ1) is 15.9. The van der Waals surface area contributed by atoms with Crippen LogP contribution >= 0.6 is 0 Å². The maximum absolute atomic E-state index is 14.4. The Hall–Kier alpha value is -4.32. The molecular weight excluding hydrogens is 421 g/mol. The zero-order chi connectivity index (χ0) is 23.4. The van der Waals surface area contributed by atoms with Gasteiger partial charge in [0.2, 0.25) is 17.8 Å². The number of amides is 1. The van der Waals surface area contributed by atoms with Crippen LogP contribution in [0.5, 0.6) is 0 Å². The molecule has 4 rings (SSSR count). The topological polar surface area (TPSA) is 107 Å². The van der Waals surface area contributed by atoms with Crippen molar-refractivity contribution < 1.29 is 9.18 Å². The zero-order valence-electron chi connectivity index (χ0n) is 18.3. The fraction of sp³-hybridized carbons (Fsp3) is 0.208. The van der Waals surface area contributed by atoms with Gasteiger partial charge in [0.05, 0.1) is 11.6 Å². The molecule has 0 fully saturated rings. The lowest BCUT2D eigenvalue weighted by Crippen LogP contribution is -2.30. The van der Waals surface area contributed by atoms with Crippen LogP contribution in [0.25, 0.3) is 5.57 Å². The molecule has 9 heteroatoms. The van der Waals surface area contributed by atoms with E-state index in [1.165, 1.54) is 19.3 Å². The molecule has 0 unspecified atom stereocenters. The molecule has 2 aromatic carbocycles. The monoisotopic (exact) mass is 443 g/mol. The van der Waals surface area contributed by atoms with Gasteiger partial charge >= 0.3 is 0 Å². The summed E-state index contributed by atoms with van der Waals surface area (Å²) in [5.41, 5.74) is 4.07. The van der Waals surface area contributed by atoms with Crippen molar-refractivity contribution in [1.82, 2.24) is 15.0 Å². The highest BCUT2D eigenvalue weighted by atomic mass is 19.1. The Labute approximate surface area is 190 Å². The molecule has 166 valence electrons. The molecule has 1 aromatic heterocycles. The van der Waals surface area contributed by atoms with E-state index in [1.54, 1.807) is 12.1 Å². The van der Waals surface area contributed by atoms with Crippen molar-refractivity contribution in [3.63, 3.8) is 0 Å². The maximum Gasteiger partial charge on any atom is 0.232 e. The van der Waals surface area contributed by atoms with Crippen LogP contribution in [-0.2, 0) is 4.79 Å². The second-order valence-electron chi connectivity index (χ2n) is 7.63. The molecule has 8 nitrogen and oxygen atoms in total. The minimum absolute atomic E-state index is 0.142. The van der Waals surface area contributed by atoms with Crippen LogP contribution in [0, 0.1) is 24.1 Å². The number of nitriles is 1. The average molecular weight is 443 g/mol. The SMILES string of the molecule is CC(=O)Nc1cccc(Nc2ncnc(N3CC=C(c4ccc(C#N)cc4F)CC3)n2)c1C. The van der Waals surface area contributed by atoms with Gasteiger partial charge in [-0.05, 0) is 48.7 Å². The van der Waals surface area contributed by atoms with Gasteiger partial charge in [-0.25, -0.2) is 14.4 Å². The van der Waals surface area contributed by atoms with E-state index in [0.717, 1.165) is 16.8 Å². The zero-order valence-corrected chi connectivity index (χ0v) is 18.3. The minimum Gasteiger partial charge on any atom is -0.337 e. The lowest BCUT2D eigenvalue weighted by molar-refractivity contribution is -0.114. The van der Waals surface area contributed by atoms with E-state index in [2.05, 4.69) is 25.6 Å². The Kier molecular flexibility index (Phi) is 6.26. The number of carbonyl (C=O) groups excluding carboxylic acids is 1. The van der Waals surface area contributed by atoms with Crippen LogP contribution in [0.3, 0.4) is 0 Å². The van der Waals surface area contributed by atoms with E-state index in [4.69, 9.17) is 5.26 Å². The summed E-state index contributed by atoms with van der Waals surface area (Å²) in [5.74, 6) is 0.364. The van der Waals surface area contributed by atoms with Gasteiger partial charge in [0.25, 0.3) is 0 Å². The van der Waals surface area contributed by atoms with Gasteiger partial charge in [-0.1, -0.05) is 18.2 Å². The summed E-state index contributed by atoms with van der Waals surface area (Å²) in [6.07, 6.45) is 4.01. The molecule has 3 aromatic rings. The largest absolute Gasteiger partial charge is 0.337 e. The maximum atomic E-state index is 14.4. The first-order valence-corrected chi connectivity index (χ1v) is 10.4. The van der Waals surface area contributed by atoms with E-state index in [9.17, 15) is 9.18 Å². The van der Waals surface area contributed by atoms with E-state index in [0.29, 0.717) is 48.2 Å². The molecule has 0 saturated carbocycles. The number of rotatable bonds is 5. The number of hydrogen-bond donors (Lipinski definition) is 2. The smallest absolute Gasteiger partial charge is 0.232 e. The minimum atomic E-state index is -0.391. The summed E-state index contributed by atoms with van der Waals surface area (Å²) in [5, 5.41) is 14.9. The first-order valence-electron chi connectivity index (χ1n) is 10.4. The lowest BCUT2D eigenvalue weighted by Gasteiger charge is -2.26. The third kappa shape index (κ3) is 4.96. The summed E-state index contributed by atoms with van der Waals surface area (Å²) < 4.78 is 14.4. The van der Waals surface area contributed by atoms with Crippen LogP contribution in [-0.4, -0.2) is 33.9 Å².